The van der Waals surface area contributed by atoms with E-state index in [2.05, 4.69) is 5.32 Å². The maximum atomic E-state index is 13.4. The summed E-state index contributed by atoms with van der Waals surface area (Å²) >= 11 is 7.27. The number of anilines is 3. The van der Waals surface area contributed by atoms with E-state index in [1.807, 2.05) is 30.5 Å². The van der Waals surface area contributed by atoms with Crippen molar-refractivity contribution in [2.75, 3.05) is 17.3 Å². The van der Waals surface area contributed by atoms with Crippen LogP contribution in [0.4, 0.5) is 21.5 Å². The average Bonchev–Trinajstić information content (AvgIpc) is 2.36. The van der Waals surface area contributed by atoms with Crippen molar-refractivity contribution in [3.63, 3.8) is 0 Å². The highest BCUT2D eigenvalue weighted by Gasteiger charge is 2.08. The number of nitrogens with one attached hydrogen (secondary N) is 1. The number of halogens is 2. The van der Waals surface area contributed by atoms with E-state index in [-0.39, 0.29) is 5.02 Å². The van der Waals surface area contributed by atoms with Crippen LogP contribution in [0, 0.1) is 5.82 Å². The van der Waals surface area contributed by atoms with E-state index in [4.69, 9.17) is 17.3 Å². The molecule has 5 heteroatoms. The van der Waals surface area contributed by atoms with Gasteiger partial charge in [-0.25, -0.2) is 4.39 Å². The number of benzene rings is 2. The minimum absolute atomic E-state index is 0.0243. The fraction of sp³-hybridized carbons (Fsp3) is 0.0769. The van der Waals surface area contributed by atoms with Gasteiger partial charge in [0, 0.05) is 11.0 Å². The summed E-state index contributed by atoms with van der Waals surface area (Å²) in [4.78, 5) is 1.06. The van der Waals surface area contributed by atoms with Gasteiger partial charge in [0.1, 0.15) is 5.82 Å². The molecule has 0 radical (unpaired) electrons. The van der Waals surface area contributed by atoms with E-state index >= 15 is 0 Å². The van der Waals surface area contributed by atoms with Crippen molar-refractivity contribution in [3.8, 4) is 0 Å². The van der Waals surface area contributed by atoms with Gasteiger partial charge in [-0.1, -0.05) is 23.7 Å². The number of thioether (sulfide) groups is 1. The Bertz CT molecular complexity index is 575. The topological polar surface area (TPSA) is 38.0 Å². The number of nitrogen functional groups attached to an aromatic ring is 1. The number of rotatable bonds is 3. The van der Waals surface area contributed by atoms with E-state index < -0.39 is 5.82 Å². The summed E-state index contributed by atoms with van der Waals surface area (Å²) in [5.41, 5.74) is 7.62. The number of nitrogens with two attached hydrogens (primary N) is 1. The molecule has 2 aromatic carbocycles. The van der Waals surface area contributed by atoms with Gasteiger partial charge in [-0.05, 0) is 24.5 Å². The van der Waals surface area contributed by atoms with E-state index in [0.29, 0.717) is 11.4 Å². The first kappa shape index (κ1) is 13.1. The summed E-state index contributed by atoms with van der Waals surface area (Å²) in [5, 5.41) is 3.14. The summed E-state index contributed by atoms with van der Waals surface area (Å²) in [6.07, 6.45) is 1.98. The molecule has 0 aliphatic carbocycles. The van der Waals surface area contributed by atoms with E-state index in [9.17, 15) is 4.39 Å². The Kier molecular flexibility index (Phi) is 3.99. The van der Waals surface area contributed by atoms with Crippen LogP contribution in [0.15, 0.2) is 41.3 Å². The third-order valence-electron chi connectivity index (χ3n) is 2.47. The maximum absolute atomic E-state index is 13.4. The van der Waals surface area contributed by atoms with Crippen molar-refractivity contribution in [1.29, 1.82) is 0 Å². The van der Waals surface area contributed by atoms with Crippen molar-refractivity contribution in [1.82, 2.24) is 0 Å². The van der Waals surface area contributed by atoms with E-state index in [0.717, 1.165) is 10.6 Å². The summed E-state index contributed by atoms with van der Waals surface area (Å²) < 4.78 is 13.4. The molecule has 0 aliphatic rings. The van der Waals surface area contributed by atoms with Gasteiger partial charge in [0.15, 0.2) is 0 Å². The van der Waals surface area contributed by atoms with Crippen molar-refractivity contribution in [3.05, 3.63) is 47.2 Å². The molecule has 3 N–H and O–H groups in total. The van der Waals surface area contributed by atoms with Gasteiger partial charge >= 0.3 is 0 Å². The Labute approximate surface area is 114 Å². The lowest BCUT2D eigenvalue weighted by Gasteiger charge is -2.13. The van der Waals surface area contributed by atoms with Crippen LogP contribution in [-0.4, -0.2) is 6.26 Å². The molecule has 2 nitrogen and oxygen atoms in total. The molecule has 94 valence electrons. The molecule has 0 aliphatic heterocycles. The van der Waals surface area contributed by atoms with Gasteiger partial charge in [-0.15, -0.1) is 11.8 Å². The van der Waals surface area contributed by atoms with Gasteiger partial charge in [0.25, 0.3) is 0 Å². The monoisotopic (exact) mass is 282 g/mol. The Morgan fingerprint density at radius 2 is 1.94 bits per heavy atom. The van der Waals surface area contributed by atoms with Crippen LogP contribution < -0.4 is 11.1 Å². The fourth-order valence-corrected chi connectivity index (χ4v) is 2.29. The van der Waals surface area contributed by atoms with Crippen LogP contribution in [-0.2, 0) is 0 Å². The summed E-state index contributed by atoms with van der Waals surface area (Å²) in [6.45, 7) is 0. The first-order valence-electron chi connectivity index (χ1n) is 5.26. The Hall–Kier alpha value is -1.39. The number of hydrogen-bond acceptors (Lipinski definition) is 3. The zero-order valence-corrected chi connectivity index (χ0v) is 11.3. The lowest BCUT2D eigenvalue weighted by atomic mass is 10.2. The average molecular weight is 283 g/mol. The molecule has 0 heterocycles. The first-order chi connectivity index (χ1) is 8.61. The van der Waals surface area contributed by atoms with E-state index in [1.54, 1.807) is 11.8 Å². The van der Waals surface area contributed by atoms with Gasteiger partial charge < -0.3 is 11.1 Å². The zero-order valence-electron chi connectivity index (χ0n) is 9.71. The predicted molar refractivity (Wildman–Crippen MR) is 77.3 cm³/mol. The van der Waals surface area contributed by atoms with Crippen LogP contribution in [0.2, 0.25) is 5.02 Å². The molecule has 0 saturated heterocycles. The summed E-state index contributed by atoms with van der Waals surface area (Å²) in [7, 11) is 0. The molecular weight excluding hydrogens is 271 g/mol. The largest absolute Gasteiger partial charge is 0.397 e. The molecule has 2 rings (SSSR count). The highest BCUT2D eigenvalue weighted by molar-refractivity contribution is 7.98. The summed E-state index contributed by atoms with van der Waals surface area (Å²) in [6, 6.07) is 10.5. The number of hydrogen-bond donors (Lipinski definition) is 2. The molecule has 0 atom stereocenters. The van der Waals surface area contributed by atoms with Crippen LogP contribution in [0.25, 0.3) is 0 Å². The third-order valence-corrected chi connectivity index (χ3v) is 3.55. The second-order valence-corrected chi connectivity index (χ2v) is 4.93. The SMILES string of the molecule is CSc1ccccc1Nc1cc(F)c(Cl)cc1N. The second kappa shape index (κ2) is 5.50. The normalized spacial score (nSPS) is 10.4. The fourth-order valence-electron chi connectivity index (χ4n) is 1.56. The molecular formula is C13H12ClFN2S. The third kappa shape index (κ3) is 2.71. The van der Waals surface area contributed by atoms with Crippen molar-refractivity contribution in [2.24, 2.45) is 0 Å². The van der Waals surface area contributed by atoms with Gasteiger partial charge in [0.2, 0.25) is 0 Å². The predicted octanol–water partition coefficient (Wildman–Crippen LogP) is 4.53. The summed E-state index contributed by atoms with van der Waals surface area (Å²) in [5.74, 6) is -0.491. The molecule has 0 unspecified atom stereocenters. The maximum Gasteiger partial charge on any atom is 0.144 e. The van der Waals surface area contributed by atoms with Crippen molar-refractivity contribution >= 4 is 40.4 Å². The van der Waals surface area contributed by atoms with Gasteiger partial charge in [-0.2, -0.15) is 0 Å². The zero-order chi connectivity index (χ0) is 13.1. The lowest BCUT2D eigenvalue weighted by molar-refractivity contribution is 0.629. The Morgan fingerprint density at radius 1 is 1.22 bits per heavy atom. The number of para-hydroxylation sites is 1. The highest BCUT2D eigenvalue weighted by atomic mass is 35.5. The molecule has 0 saturated carbocycles. The molecule has 0 bridgehead atoms. The van der Waals surface area contributed by atoms with Crippen LogP contribution >= 0.6 is 23.4 Å². The Morgan fingerprint density at radius 3 is 2.67 bits per heavy atom. The molecule has 0 amide bonds. The molecule has 18 heavy (non-hydrogen) atoms. The smallest absolute Gasteiger partial charge is 0.144 e. The second-order valence-electron chi connectivity index (χ2n) is 3.68. The lowest BCUT2D eigenvalue weighted by Crippen LogP contribution is -1.98. The minimum atomic E-state index is -0.491. The van der Waals surface area contributed by atoms with Crippen molar-refractivity contribution in [2.45, 2.75) is 4.90 Å². The van der Waals surface area contributed by atoms with Gasteiger partial charge in [-0.3, -0.25) is 0 Å². The van der Waals surface area contributed by atoms with Crippen LogP contribution in [0.5, 0.6) is 0 Å². The van der Waals surface area contributed by atoms with Crippen LogP contribution in [0.3, 0.4) is 0 Å². The van der Waals surface area contributed by atoms with Crippen LogP contribution in [0.1, 0.15) is 0 Å². The first-order valence-corrected chi connectivity index (χ1v) is 6.86. The Balaban J connectivity index is 2.37. The standard InChI is InChI=1S/C13H12ClFN2S/c1-18-13-5-3-2-4-11(13)17-12-7-9(15)8(14)6-10(12)16/h2-7,17H,16H2,1H3. The molecule has 0 aromatic heterocycles. The molecule has 0 fully saturated rings. The quantitative estimate of drug-likeness (QED) is 0.642. The van der Waals surface area contributed by atoms with Gasteiger partial charge in [0.05, 0.1) is 22.1 Å². The molecule has 2 aromatic rings. The molecule has 0 spiro atoms. The van der Waals surface area contributed by atoms with Crippen molar-refractivity contribution < 1.29 is 4.39 Å². The highest BCUT2D eigenvalue weighted by Crippen LogP contribution is 2.32. The minimum Gasteiger partial charge on any atom is -0.397 e. The van der Waals surface area contributed by atoms with E-state index in [1.165, 1.54) is 12.1 Å².